The lowest BCUT2D eigenvalue weighted by atomic mass is 10.2. The fraction of sp³-hybridized carbons (Fsp3) is 0.167. The highest BCUT2D eigenvalue weighted by Gasteiger charge is 2.14. The van der Waals surface area contributed by atoms with Gasteiger partial charge >= 0.3 is 12.0 Å². The van der Waals surface area contributed by atoms with E-state index in [1.165, 1.54) is 12.4 Å². The number of rotatable bonds is 4. The monoisotopic (exact) mass is 293 g/mol. The molecule has 0 aliphatic heterocycles. The Balaban J connectivity index is 2.03. The number of nitrogens with one attached hydrogen (secondary N) is 3. The van der Waals surface area contributed by atoms with Crippen LogP contribution in [0.4, 0.5) is 14.9 Å². The number of hydrogen-bond acceptors (Lipinski definition) is 4. The molecular formula is C12H12FN5O3. The van der Waals surface area contributed by atoms with Gasteiger partial charge in [-0.15, -0.1) is 0 Å². The quantitative estimate of drug-likeness (QED) is 0.681. The molecule has 0 saturated carbocycles. The van der Waals surface area contributed by atoms with Gasteiger partial charge in [0.2, 0.25) is 0 Å². The van der Waals surface area contributed by atoms with Crippen LogP contribution in [0.25, 0.3) is 0 Å². The van der Waals surface area contributed by atoms with Crippen molar-refractivity contribution in [2.24, 2.45) is 0 Å². The van der Waals surface area contributed by atoms with E-state index in [9.17, 15) is 14.0 Å². The van der Waals surface area contributed by atoms with Crippen molar-refractivity contribution in [2.75, 3.05) is 5.32 Å². The second-order valence-corrected chi connectivity index (χ2v) is 4.19. The molecule has 8 nitrogen and oxygen atoms in total. The second-order valence-electron chi connectivity index (χ2n) is 4.19. The van der Waals surface area contributed by atoms with Gasteiger partial charge in [0.1, 0.15) is 18.0 Å². The molecule has 2 aromatic rings. The first-order valence-corrected chi connectivity index (χ1v) is 5.93. The summed E-state index contributed by atoms with van der Waals surface area (Å²) < 4.78 is 13.2. The Kier molecular flexibility index (Phi) is 4.12. The molecule has 0 fully saturated rings. The highest BCUT2D eigenvalue weighted by atomic mass is 19.1. The number of halogens is 1. The van der Waals surface area contributed by atoms with Gasteiger partial charge in [-0.25, -0.2) is 19.0 Å². The summed E-state index contributed by atoms with van der Waals surface area (Å²) in [6.45, 7) is 1.69. The molecule has 0 saturated heterocycles. The third kappa shape index (κ3) is 3.53. The Hall–Kier alpha value is -2.97. The molecular weight excluding hydrogens is 281 g/mol. The summed E-state index contributed by atoms with van der Waals surface area (Å²) in [5.74, 6) is -1.81. The molecule has 1 atom stereocenters. The minimum Gasteiger partial charge on any atom is -0.478 e. The van der Waals surface area contributed by atoms with Gasteiger partial charge in [0.05, 0.1) is 11.6 Å². The van der Waals surface area contributed by atoms with Gasteiger partial charge in [-0.05, 0) is 25.1 Å². The first kappa shape index (κ1) is 14.4. The predicted molar refractivity (Wildman–Crippen MR) is 70.3 cm³/mol. The van der Waals surface area contributed by atoms with E-state index < -0.39 is 29.4 Å². The Morgan fingerprint density at radius 1 is 1.43 bits per heavy atom. The van der Waals surface area contributed by atoms with Crippen molar-refractivity contribution in [2.45, 2.75) is 13.0 Å². The number of hydrogen-bond donors (Lipinski definition) is 4. The van der Waals surface area contributed by atoms with E-state index in [-0.39, 0.29) is 5.69 Å². The molecule has 2 amide bonds. The zero-order valence-corrected chi connectivity index (χ0v) is 10.9. The van der Waals surface area contributed by atoms with Crippen LogP contribution in [-0.4, -0.2) is 32.3 Å². The maximum atomic E-state index is 13.2. The van der Waals surface area contributed by atoms with Crippen LogP contribution in [-0.2, 0) is 0 Å². The van der Waals surface area contributed by atoms with Gasteiger partial charge in [-0.3, -0.25) is 5.10 Å². The molecule has 0 bridgehead atoms. The largest absolute Gasteiger partial charge is 0.478 e. The third-order valence-corrected chi connectivity index (χ3v) is 2.65. The van der Waals surface area contributed by atoms with E-state index in [1.807, 2.05) is 0 Å². The fourth-order valence-electron chi connectivity index (χ4n) is 1.62. The molecule has 4 N–H and O–H groups in total. The molecule has 1 aromatic heterocycles. The van der Waals surface area contributed by atoms with Crippen LogP contribution in [0.1, 0.15) is 29.1 Å². The smallest absolute Gasteiger partial charge is 0.338 e. The zero-order valence-electron chi connectivity index (χ0n) is 10.9. The first-order valence-electron chi connectivity index (χ1n) is 5.93. The zero-order chi connectivity index (χ0) is 15.4. The number of aromatic nitrogens is 3. The maximum Gasteiger partial charge on any atom is 0.338 e. The van der Waals surface area contributed by atoms with Gasteiger partial charge in [0.25, 0.3) is 0 Å². The van der Waals surface area contributed by atoms with Crippen molar-refractivity contribution in [3.8, 4) is 0 Å². The van der Waals surface area contributed by atoms with Crippen molar-refractivity contribution in [1.82, 2.24) is 20.5 Å². The Morgan fingerprint density at radius 3 is 2.81 bits per heavy atom. The van der Waals surface area contributed by atoms with Crippen LogP contribution in [0.5, 0.6) is 0 Å². The molecule has 1 unspecified atom stereocenters. The number of carbonyl (C=O) groups is 2. The normalized spacial score (nSPS) is 11.7. The van der Waals surface area contributed by atoms with Gasteiger partial charge in [-0.2, -0.15) is 5.10 Å². The number of anilines is 1. The second kappa shape index (κ2) is 5.99. The summed E-state index contributed by atoms with van der Waals surface area (Å²) in [4.78, 5) is 26.5. The molecule has 21 heavy (non-hydrogen) atoms. The van der Waals surface area contributed by atoms with E-state index >= 15 is 0 Å². The van der Waals surface area contributed by atoms with Crippen molar-refractivity contribution in [3.05, 3.63) is 41.7 Å². The number of H-pyrrole nitrogens is 1. The van der Waals surface area contributed by atoms with Crippen molar-refractivity contribution < 1.29 is 19.1 Å². The standard InChI is InChI=1S/C12H12FN5O3/c1-6(10-14-5-15-18-10)16-12(21)17-7-2-3-9(13)8(4-7)11(19)20/h2-6H,1H3,(H,19,20)(H,14,15,18)(H2,16,17,21). The summed E-state index contributed by atoms with van der Waals surface area (Å²) in [5, 5.41) is 20.1. The van der Waals surface area contributed by atoms with Gasteiger partial charge in [0.15, 0.2) is 0 Å². The van der Waals surface area contributed by atoms with Crippen LogP contribution >= 0.6 is 0 Å². The van der Waals surface area contributed by atoms with Crippen molar-refractivity contribution in [3.63, 3.8) is 0 Å². The van der Waals surface area contributed by atoms with Crippen LogP contribution in [0.15, 0.2) is 24.5 Å². The number of urea groups is 1. The highest BCUT2D eigenvalue weighted by Crippen LogP contribution is 2.15. The Bertz CT molecular complexity index is 659. The number of carboxylic acids is 1. The molecule has 2 rings (SSSR count). The number of carboxylic acid groups (broad SMARTS) is 1. The van der Waals surface area contributed by atoms with Crippen molar-refractivity contribution in [1.29, 1.82) is 0 Å². The Labute approximate surface area is 118 Å². The summed E-state index contributed by atoms with van der Waals surface area (Å²) in [6, 6.07) is 2.27. The lowest BCUT2D eigenvalue weighted by molar-refractivity contribution is 0.0692. The molecule has 0 spiro atoms. The summed E-state index contributed by atoms with van der Waals surface area (Å²) >= 11 is 0. The van der Waals surface area contributed by atoms with E-state index in [2.05, 4.69) is 25.8 Å². The molecule has 0 radical (unpaired) electrons. The van der Waals surface area contributed by atoms with Crippen LogP contribution in [0.2, 0.25) is 0 Å². The number of aromatic amines is 1. The average molecular weight is 293 g/mol. The lowest BCUT2D eigenvalue weighted by Crippen LogP contribution is -2.31. The average Bonchev–Trinajstić information content (AvgIpc) is 2.94. The van der Waals surface area contributed by atoms with Crippen LogP contribution in [0, 0.1) is 5.82 Å². The predicted octanol–water partition coefficient (Wildman–Crippen LogP) is 1.52. The highest BCUT2D eigenvalue weighted by molar-refractivity contribution is 5.93. The number of nitrogens with zero attached hydrogens (tertiary/aromatic N) is 2. The fourth-order valence-corrected chi connectivity index (χ4v) is 1.62. The topological polar surface area (TPSA) is 120 Å². The van der Waals surface area contributed by atoms with Crippen LogP contribution < -0.4 is 10.6 Å². The molecule has 9 heteroatoms. The minimum atomic E-state index is -1.41. The number of carbonyl (C=O) groups excluding carboxylic acids is 1. The van der Waals surface area contributed by atoms with E-state index in [0.717, 1.165) is 12.1 Å². The number of amides is 2. The van der Waals surface area contributed by atoms with E-state index in [0.29, 0.717) is 5.82 Å². The Morgan fingerprint density at radius 2 is 2.19 bits per heavy atom. The number of benzene rings is 1. The SMILES string of the molecule is CC(NC(=O)Nc1ccc(F)c(C(=O)O)c1)c1ncn[nH]1. The summed E-state index contributed by atoms with van der Waals surface area (Å²) in [7, 11) is 0. The van der Waals surface area contributed by atoms with E-state index in [1.54, 1.807) is 6.92 Å². The third-order valence-electron chi connectivity index (χ3n) is 2.65. The van der Waals surface area contributed by atoms with Crippen molar-refractivity contribution >= 4 is 17.7 Å². The maximum absolute atomic E-state index is 13.2. The molecule has 1 heterocycles. The van der Waals surface area contributed by atoms with Gasteiger partial charge in [-0.1, -0.05) is 0 Å². The summed E-state index contributed by atoms with van der Waals surface area (Å²) in [6.07, 6.45) is 1.31. The van der Waals surface area contributed by atoms with Gasteiger partial charge in [0, 0.05) is 5.69 Å². The molecule has 0 aliphatic carbocycles. The van der Waals surface area contributed by atoms with E-state index in [4.69, 9.17) is 5.11 Å². The molecule has 110 valence electrons. The molecule has 0 aliphatic rings. The number of aromatic carboxylic acids is 1. The van der Waals surface area contributed by atoms with Crippen LogP contribution in [0.3, 0.4) is 0 Å². The summed E-state index contributed by atoms with van der Waals surface area (Å²) in [5.41, 5.74) is -0.354. The lowest BCUT2D eigenvalue weighted by Gasteiger charge is -2.12. The molecule has 1 aromatic carbocycles. The van der Waals surface area contributed by atoms with Gasteiger partial charge < -0.3 is 15.7 Å². The first-order chi connectivity index (χ1) is 9.97. The minimum absolute atomic E-state index is 0.163.